The van der Waals surface area contributed by atoms with E-state index < -0.39 is 0 Å². The largest absolute Gasteiger partial charge is 0.298 e. The molecule has 0 N–H and O–H groups in total. The first-order valence-electron chi connectivity index (χ1n) is 11.3. The number of nitrogens with zero attached hydrogens (tertiary/aromatic N) is 4. The third-order valence-electron chi connectivity index (χ3n) is 6.82. The van der Waals surface area contributed by atoms with E-state index in [9.17, 15) is 0 Å². The van der Waals surface area contributed by atoms with Crippen molar-refractivity contribution in [3.63, 3.8) is 0 Å². The fourth-order valence-corrected chi connectivity index (χ4v) is 5.48. The second kappa shape index (κ2) is 6.79. The minimum atomic E-state index is 0.943. The molecular weight excluding hydrogens is 392 g/mol. The van der Waals surface area contributed by atoms with Crippen LogP contribution in [0.25, 0.3) is 44.3 Å². The van der Waals surface area contributed by atoms with Crippen LogP contribution in [0.4, 0.5) is 0 Å². The van der Waals surface area contributed by atoms with Crippen LogP contribution in [0.3, 0.4) is 0 Å². The molecule has 0 saturated heterocycles. The summed E-state index contributed by atoms with van der Waals surface area (Å²) in [5, 5.41) is 3.91. The van der Waals surface area contributed by atoms with Gasteiger partial charge in [0, 0.05) is 34.2 Å². The number of aromatic nitrogens is 4. The van der Waals surface area contributed by atoms with Gasteiger partial charge in [-0.2, -0.15) is 0 Å². The van der Waals surface area contributed by atoms with Gasteiger partial charge in [0.15, 0.2) is 0 Å². The van der Waals surface area contributed by atoms with Crippen LogP contribution >= 0.6 is 0 Å². The topological polar surface area (TPSA) is 35.6 Å². The lowest BCUT2D eigenvalue weighted by molar-refractivity contribution is 0.664. The summed E-state index contributed by atoms with van der Waals surface area (Å²) in [6.07, 6.45) is 8.48. The molecule has 0 saturated carbocycles. The Balaban J connectivity index is 1.66. The molecule has 4 aromatic heterocycles. The summed E-state index contributed by atoms with van der Waals surface area (Å²) in [5.41, 5.74) is 6.53. The van der Waals surface area contributed by atoms with Crippen molar-refractivity contribution >= 4 is 32.7 Å². The Morgan fingerprint density at radius 2 is 1.25 bits per heavy atom. The molecule has 0 atom stereocenters. The molecule has 1 aliphatic rings. The third kappa shape index (κ3) is 2.43. The van der Waals surface area contributed by atoms with Gasteiger partial charge >= 0.3 is 0 Å². The Labute approximate surface area is 185 Å². The zero-order valence-electron chi connectivity index (χ0n) is 17.7. The molecule has 2 aromatic carbocycles. The lowest BCUT2D eigenvalue weighted by Crippen LogP contribution is -2.07. The quantitative estimate of drug-likeness (QED) is 0.329. The fourth-order valence-electron chi connectivity index (χ4n) is 5.48. The Kier molecular flexibility index (Phi) is 3.76. The van der Waals surface area contributed by atoms with Crippen LogP contribution in [0.5, 0.6) is 0 Å². The van der Waals surface area contributed by atoms with E-state index in [2.05, 4.69) is 69.8 Å². The molecule has 4 heterocycles. The third-order valence-corrected chi connectivity index (χ3v) is 6.82. The average Bonchev–Trinajstić information content (AvgIpc) is 3.36. The lowest BCUT2D eigenvalue weighted by atomic mass is 9.95. The highest BCUT2D eigenvalue weighted by molar-refractivity contribution is 6.14. The highest BCUT2D eigenvalue weighted by atomic mass is 15.1. The molecule has 7 rings (SSSR count). The summed E-state index contributed by atoms with van der Waals surface area (Å²) >= 11 is 0. The summed E-state index contributed by atoms with van der Waals surface area (Å²) in [6.45, 7) is 0. The first-order valence-corrected chi connectivity index (χ1v) is 11.3. The van der Waals surface area contributed by atoms with E-state index in [4.69, 9.17) is 9.97 Å². The van der Waals surface area contributed by atoms with Crippen molar-refractivity contribution in [1.82, 2.24) is 19.1 Å². The Bertz CT molecular complexity index is 1610. The second-order valence-corrected chi connectivity index (χ2v) is 8.58. The number of hydrogen-bond acceptors (Lipinski definition) is 2. The summed E-state index contributed by atoms with van der Waals surface area (Å²) in [6, 6.07) is 25.7. The molecule has 0 amide bonds. The first-order chi connectivity index (χ1) is 15.9. The minimum Gasteiger partial charge on any atom is -0.298 e. The molecule has 32 heavy (non-hydrogen) atoms. The summed E-state index contributed by atoms with van der Waals surface area (Å²) in [5.74, 6) is 1.94. The molecule has 0 bridgehead atoms. The number of pyridine rings is 2. The number of benzene rings is 2. The van der Waals surface area contributed by atoms with Gasteiger partial charge in [-0.25, -0.2) is 9.97 Å². The van der Waals surface area contributed by atoms with Crippen molar-refractivity contribution in [3.05, 3.63) is 96.4 Å². The number of para-hydroxylation sites is 1. The standard InChI is InChI=1S/C28H22N4/c1-3-11-23-19(9-1)21-17-22-20-10-2-4-12-24(20)32(28-14-6-8-16-30-28)26(22)18-25(21)31(23)27-13-5-7-15-29-27/h1,3,5-9,11,13-18H,2,4,10,12H2. The van der Waals surface area contributed by atoms with Crippen LogP contribution in [-0.2, 0) is 12.8 Å². The molecule has 4 nitrogen and oxygen atoms in total. The van der Waals surface area contributed by atoms with E-state index in [-0.39, 0.29) is 0 Å². The van der Waals surface area contributed by atoms with E-state index in [0.717, 1.165) is 24.5 Å². The average molecular weight is 415 g/mol. The van der Waals surface area contributed by atoms with E-state index >= 15 is 0 Å². The van der Waals surface area contributed by atoms with E-state index in [1.165, 1.54) is 56.8 Å². The molecule has 4 heteroatoms. The van der Waals surface area contributed by atoms with Crippen LogP contribution < -0.4 is 0 Å². The van der Waals surface area contributed by atoms with Gasteiger partial charge in [-0.05, 0) is 73.7 Å². The number of rotatable bonds is 2. The van der Waals surface area contributed by atoms with Crippen LogP contribution in [-0.4, -0.2) is 19.1 Å². The van der Waals surface area contributed by atoms with Gasteiger partial charge in [-0.3, -0.25) is 9.13 Å². The zero-order valence-corrected chi connectivity index (χ0v) is 17.7. The molecular formula is C28H22N4. The second-order valence-electron chi connectivity index (χ2n) is 8.58. The monoisotopic (exact) mass is 414 g/mol. The van der Waals surface area contributed by atoms with Crippen LogP contribution in [0, 0.1) is 0 Å². The molecule has 0 fully saturated rings. The molecule has 0 spiro atoms. The predicted molar refractivity (Wildman–Crippen MR) is 130 cm³/mol. The maximum absolute atomic E-state index is 4.73. The van der Waals surface area contributed by atoms with Crippen molar-refractivity contribution in [2.45, 2.75) is 25.7 Å². The van der Waals surface area contributed by atoms with Gasteiger partial charge in [0.05, 0.1) is 16.6 Å². The van der Waals surface area contributed by atoms with Gasteiger partial charge in [0.2, 0.25) is 0 Å². The molecule has 1 aliphatic carbocycles. The molecule has 154 valence electrons. The normalized spacial score (nSPS) is 13.8. The van der Waals surface area contributed by atoms with Crippen molar-refractivity contribution in [2.75, 3.05) is 0 Å². The Morgan fingerprint density at radius 1 is 0.562 bits per heavy atom. The van der Waals surface area contributed by atoms with Crippen molar-refractivity contribution in [2.24, 2.45) is 0 Å². The Morgan fingerprint density at radius 3 is 2.03 bits per heavy atom. The van der Waals surface area contributed by atoms with Gasteiger partial charge in [0.1, 0.15) is 11.6 Å². The predicted octanol–water partition coefficient (Wildman–Crippen LogP) is 6.40. The first kappa shape index (κ1) is 17.7. The number of hydrogen-bond donors (Lipinski definition) is 0. The molecule has 0 radical (unpaired) electrons. The van der Waals surface area contributed by atoms with Crippen molar-refractivity contribution < 1.29 is 0 Å². The SMILES string of the molecule is c1ccc(-n2c3c(c4cc5c6ccccc6n(-c6ccccn6)c5cc42)CCCC3)nc1. The maximum Gasteiger partial charge on any atom is 0.137 e. The van der Waals surface area contributed by atoms with Gasteiger partial charge in [0.25, 0.3) is 0 Å². The van der Waals surface area contributed by atoms with Crippen molar-refractivity contribution in [1.29, 1.82) is 0 Å². The number of aryl methyl sites for hydroxylation is 1. The fraction of sp³-hybridized carbons (Fsp3) is 0.143. The van der Waals surface area contributed by atoms with E-state index in [0.29, 0.717) is 0 Å². The van der Waals surface area contributed by atoms with Gasteiger partial charge in [-0.1, -0.05) is 30.3 Å². The lowest BCUT2D eigenvalue weighted by Gasteiger charge is -2.15. The smallest absolute Gasteiger partial charge is 0.137 e. The molecule has 0 aliphatic heterocycles. The van der Waals surface area contributed by atoms with Crippen molar-refractivity contribution in [3.8, 4) is 11.6 Å². The highest BCUT2D eigenvalue weighted by Gasteiger charge is 2.23. The highest BCUT2D eigenvalue weighted by Crippen LogP contribution is 2.40. The van der Waals surface area contributed by atoms with Gasteiger partial charge in [-0.15, -0.1) is 0 Å². The Hall–Kier alpha value is -3.92. The number of fused-ring (bicyclic) bond motifs is 6. The summed E-state index contributed by atoms with van der Waals surface area (Å²) in [4.78, 5) is 9.42. The zero-order chi connectivity index (χ0) is 21.1. The summed E-state index contributed by atoms with van der Waals surface area (Å²) < 4.78 is 4.68. The van der Waals surface area contributed by atoms with Crippen LogP contribution in [0.1, 0.15) is 24.1 Å². The summed E-state index contributed by atoms with van der Waals surface area (Å²) in [7, 11) is 0. The van der Waals surface area contributed by atoms with Gasteiger partial charge < -0.3 is 0 Å². The molecule has 6 aromatic rings. The van der Waals surface area contributed by atoms with E-state index in [1.807, 2.05) is 24.5 Å². The maximum atomic E-state index is 4.73. The van der Waals surface area contributed by atoms with E-state index in [1.54, 1.807) is 0 Å². The van der Waals surface area contributed by atoms with Crippen LogP contribution in [0.2, 0.25) is 0 Å². The minimum absolute atomic E-state index is 0.943. The molecule has 0 unspecified atom stereocenters. The van der Waals surface area contributed by atoms with Crippen LogP contribution in [0.15, 0.2) is 85.2 Å².